The minimum absolute atomic E-state index is 0.0468. The van der Waals surface area contributed by atoms with Crippen LogP contribution in [0.25, 0.3) is 0 Å². The molecule has 3 aliphatic rings. The third-order valence-electron chi connectivity index (χ3n) is 5.01. The van der Waals surface area contributed by atoms with Crippen LogP contribution in [0.1, 0.15) is 35.3 Å². The van der Waals surface area contributed by atoms with Gasteiger partial charge in [0, 0.05) is 17.6 Å². The Morgan fingerprint density at radius 3 is 2.54 bits per heavy atom. The molecule has 1 aliphatic carbocycles. The second kappa shape index (κ2) is 5.23. The molecule has 1 aromatic rings. The van der Waals surface area contributed by atoms with Crippen LogP contribution in [0.3, 0.4) is 0 Å². The molecule has 0 amide bonds. The van der Waals surface area contributed by atoms with E-state index in [2.05, 4.69) is 19.1 Å². The number of benzene rings is 1. The molecule has 2 heterocycles. The molecule has 0 unspecified atom stereocenters. The van der Waals surface area contributed by atoms with Crippen molar-refractivity contribution in [3.63, 3.8) is 0 Å². The van der Waals surface area contributed by atoms with Gasteiger partial charge in [0.2, 0.25) is 0 Å². The molecule has 0 N–H and O–H groups in total. The standard InChI is InChI=1S/C19H18O5/c1-9-4-5-10(2)16-12(9)7-13-14(19(21)24-17(13)16)8-22-15-6-11(3)18(20)23-15/h4-6,8,13,15,17H,7H2,1-3H3/b14-8+/t13-,15-,17+/m1/s1. The van der Waals surface area contributed by atoms with Crippen LogP contribution in [0, 0.1) is 19.8 Å². The molecular formula is C19H18O5. The Kier molecular flexibility index (Phi) is 3.27. The number of carbonyl (C=O) groups excluding carboxylic acids is 2. The maximum atomic E-state index is 12.2. The average molecular weight is 326 g/mol. The summed E-state index contributed by atoms with van der Waals surface area (Å²) in [6.07, 6.45) is 2.73. The number of hydrogen-bond acceptors (Lipinski definition) is 5. The Balaban J connectivity index is 1.60. The number of hydrogen-bond donors (Lipinski definition) is 0. The Hall–Kier alpha value is -2.56. The summed E-state index contributed by atoms with van der Waals surface area (Å²) in [5.41, 5.74) is 5.74. The highest BCUT2D eigenvalue weighted by Crippen LogP contribution is 2.49. The van der Waals surface area contributed by atoms with Gasteiger partial charge in [0.15, 0.2) is 0 Å². The fourth-order valence-electron chi connectivity index (χ4n) is 3.68. The molecule has 124 valence electrons. The van der Waals surface area contributed by atoms with Gasteiger partial charge in [-0.3, -0.25) is 0 Å². The van der Waals surface area contributed by atoms with Crippen LogP contribution < -0.4 is 0 Å². The van der Waals surface area contributed by atoms with Crippen LogP contribution in [-0.4, -0.2) is 18.2 Å². The number of esters is 2. The second-order valence-corrected chi connectivity index (χ2v) is 6.56. The molecule has 5 nitrogen and oxygen atoms in total. The van der Waals surface area contributed by atoms with E-state index in [0.717, 1.165) is 17.5 Å². The van der Waals surface area contributed by atoms with Crippen molar-refractivity contribution in [1.29, 1.82) is 0 Å². The molecule has 4 rings (SSSR count). The van der Waals surface area contributed by atoms with Crippen molar-refractivity contribution in [2.45, 2.75) is 39.6 Å². The molecule has 3 atom stereocenters. The molecular weight excluding hydrogens is 308 g/mol. The Labute approximate surface area is 139 Å². The maximum absolute atomic E-state index is 12.2. The number of rotatable bonds is 2. The third kappa shape index (κ3) is 2.15. The molecule has 0 spiro atoms. The molecule has 0 bridgehead atoms. The highest BCUT2D eigenvalue weighted by Gasteiger charge is 2.47. The summed E-state index contributed by atoms with van der Waals surface area (Å²) in [6.45, 7) is 5.78. The van der Waals surface area contributed by atoms with E-state index in [0.29, 0.717) is 11.1 Å². The number of aryl methyl sites for hydroxylation is 2. The van der Waals surface area contributed by atoms with Crippen LogP contribution in [-0.2, 0) is 30.2 Å². The van der Waals surface area contributed by atoms with Gasteiger partial charge in [-0.15, -0.1) is 0 Å². The molecule has 1 fully saturated rings. The zero-order valence-electron chi connectivity index (χ0n) is 13.8. The zero-order chi connectivity index (χ0) is 17.0. The summed E-state index contributed by atoms with van der Waals surface area (Å²) in [5.74, 6) is -0.805. The fourth-order valence-corrected chi connectivity index (χ4v) is 3.68. The van der Waals surface area contributed by atoms with Crippen molar-refractivity contribution in [1.82, 2.24) is 0 Å². The van der Waals surface area contributed by atoms with E-state index < -0.39 is 12.3 Å². The molecule has 0 aromatic heterocycles. The van der Waals surface area contributed by atoms with Gasteiger partial charge in [0.05, 0.1) is 11.8 Å². The minimum Gasteiger partial charge on any atom is -0.458 e. The number of cyclic esters (lactones) is 1. The van der Waals surface area contributed by atoms with E-state index in [4.69, 9.17) is 14.2 Å². The van der Waals surface area contributed by atoms with Crippen molar-refractivity contribution in [3.8, 4) is 0 Å². The minimum atomic E-state index is -0.774. The van der Waals surface area contributed by atoms with Crippen molar-refractivity contribution in [2.75, 3.05) is 0 Å². The molecule has 2 aliphatic heterocycles. The number of fused-ring (bicyclic) bond motifs is 3. The summed E-state index contributed by atoms with van der Waals surface area (Å²) in [6, 6.07) is 4.16. The van der Waals surface area contributed by atoms with Gasteiger partial charge in [-0.2, -0.15) is 0 Å². The van der Waals surface area contributed by atoms with Gasteiger partial charge in [-0.25, -0.2) is 9.59 Å². The predicted octanol–water partition coefficient (Wildman–Crippen LogP) is 2.80. The lowest BCUT2D eigenvalue weighted by Gasteiger charge is -2.12. The first kappa shape index (κ1) is 15.0. The fraction of sp³-hybridized carbons (Fsp3) is 0.368. The maximum Gasteiger partial charge on any atom is 0.338 e. The van der Waals surface area contributed by atoms with Crippen LogP contribution in [0.5, 0.6) is 0 Å². The Bertz CT molecular complexity index is 817. The van der Waals surface area contributed by atoms with E-state index in [-0.39, 0.29) is 18.0 Å². The summed E-state index contributed by atoms with van der Waals surface area (Å²) in [5, 5.41) is 0. The average Bonchev–Trinajstić information content (AvgIpc) is 3.14. The molecule has 1 saturated heterocycles. The summed E-state index contributed by atoms with van der Waals surface area (Å²) in [7, 11) is 0. The highest BCUT2D eigenvalue weighted by molar-refractivity contribution is 5.92. The summed E-state index contributed by atoms with van der Waals surface area (Å²) < 4.78 is 16.1. The Morgan fingerprint density at radius 2 is 1.83 bits per heavy atom. The largest absolute Gasteiger partial charge is 0.458 e. The van der Waals surface area contributed by atoms with Crippen LogP contribution in [0.2, 0.25) is 0 Å². The summed E-state index contributed by atoms with van der Waals surface area (Å²) in [4.78, 5) is 23.6. The molecule has 24 heavy (non-hydrogen) atoms. The smallest absolute Gasteiger partial charge is 0.338 e. The first-order chi connectivity index (χ1) is 11.5. The van der Waals surface area contributed by atoms with Crippen LogP contribution >= 0.6 is 0 Å². The van der Waals surface area contributed by atoms with Gasteiger partial charge >= 0.3 is 11.9 Å². The van der Waals surface area contributed by atoms with Gasteiger partial charge in [-0.1, -0.05) is 12.1 Å². The van der Waals surface area contributed by atoms with Crippen molar-refractivity contribution in [3.05, 3.63) is 57.9 Å². The highest BCUT2D eigenvalue weighted by atomic mass is 16.7. The van der Waals surface area contributed by atoms with E-state index in [9.17, 15) is 9.59 Å². The van der Waals surface area contributed by atoms with E-state index >= 15 is 0 Å². The van der Waals surface area contributed by atoms with Crippen LogP contribution in [0.4, 0.5) is 0 Å². The molecule has 5 heteroatoms. The van der Waals surface area contributed by atoms with Gasteiger partial charge < -0.3 is 14.2 Å². The monoisotopic (exact) mass is 326 g/mol. The van der Waals surface area contributed by atoms with Crippen molar-refractivity contribution >= 4 is 11.9 Å². The van der Waals surface area contributed by atoms with Gasteiger partial charge in [0.25, 0.3) is 6.29 Å². The summed E-state index contributed by atoms with van der Waals surface area (Å²) >= 11 is 0. The topological polar surface area (TPSA) is 61.8 Å². The van der Waals surface area contributed by atoms with E-state index in [1.54, 1.807) is 13.0 Å². The zero-order valence-corrected chi connectivity index (χ0v) is 13.8. The number of ether oxygens (including phenoxy) is 3. The molecule has 1 aromatic carbocycles. The predicted molar refractivity (Wildman–Crippen MR) is 84.7 cm³/mol. The van der Waals surface area contributed by atoms with E-state index in [1.165, 1.54) is 17.4 Å². The van der Waals surface area contributed by atoms with Crippen LogP contribution in [0.15, 0.2) is 35.6 Å². The van der Waals surface area contributed by atoms with Gasteiger partial charge in [-0.05, 0) is 49.4 Å². The normalized spacial score (nSPS) is 29.2. The van der Waals surface area contributed by atoms with E-state index in [1.807, 2.05) is 6.92 Å². The quantitative estimate of drug-likeness (QED) is 0.475. The second-order valence-electron chi connectivity index (χ2n) is 6.56. The lowest BCUT2D eigenvalue weighted by atomic mass is 9.97. The van der Waals surface area contributed by atoms with Crippen molar-refractivity contribution in [2.24, 2.45) is 5.92 Å². The Morgan fingerprint density at radius 1 is 1.08 bits per heavy atom. The first-order valence-corrected chi connectivity index (χ1v) is 8.00. The third-order valence-corrected chi connectivity index (χ3v) is 5.01. The molecule has 0 saturated carbocycles. The first-order valence-electron chi connectivity index (χ1n) is 8.00. The lowest BCUT2D eigenvalue weighted by Crippen LogP contribution is -2.12. The van der Waals surface area contributed by atoms with Gasteiger partial charge in [0.1, 0.15) is 6.10 Å². The SMILES string of the molecule is CC1=C[C@H](O/C=C2/C(=O)O[C@@H]3c4c(C)ccc(C)c4C[C@H]23)OC1=O. The number of carbonyl (C=O) groups is 2. The van der Waals surface area contributed by atoms with Crippen molar-refractivity contribution < 1.29 is 23.8 Å². The molecule has 0 radical (unpaired) electrons. The lowest BCUT2D eigenvalue weighted by molar-refractivity contribution is -0.152.